The molecule has 0 saturated carbocycles. The van der Waals surface area contributed by atoms with Crippen molar-refractivity contribution in [2.45, 2.75) is 18.0 Å². The summed E-state index contributed by atoms with van der Waals surface area (Å²) in [5, 5.41) is 9.96. The van der Waals surface area contributed by atoms with Gasteiger partial charge in [0.05, 0.1) is 34.4 Å². The molecule has 0 unspecified atom stereocenters. The molecule has 0 fully saturated rings. The second-order valence-electron chi connectivity index (χ2n) is 5.69. The van der Waals surface area contributed by atoms with Gasteiger partial charge in [-0.25, -0.2) is 27.5 Å². The summed E-state index contributed by atoms with van der Waals surface area (Å²) in [4.78, 5) is 19.7. The van der Waals surface area contributed by atoms with Crippen LogP contribution in [0.1, 0.15) is 21.9 Å². The minimum Gasteiger partial charge on any atom is -0.345 e. The lowest BCUT2D eigenvalue weighted by Gasteiger charge is -2.07. The van der Waals surface area contributed by atoms with Gasteiger partial charge in [-0.15, -0.1) is 5.10 Å². The third-order valence-electron chi connectivity index (χ3n) is 3.67. The number of hydrogen-bond acceptors (Lipinski definition) is 7. The first-order chi connectivity index (χ1) is 13.8. The lowest BCUT2D eigenvalue weighted by molar-refractivity contribution is 0.0944. The maximum absolute atomic E-state index is 13.2. The Hall–Kier alpha value is -3.02. The van der Waals surface area contributed by atoms with E-state index >= 15 is 0 Å². The fraction of sp³-hybridized carbons (Fsp3) is 0.118. The van der Waals surface area contributed by atoms with Crippen LogP contribution in [0.3, 0.4) is 0 Å². The summed E-state index contributed by atoms with van der Waals surface area (Å²) < 4.78 is 40.0. The van der Waals surface area contributed by atoms with Crippen LogP contribution in [0.25, 0.3) is 0 Å². The van der Waals surface area contributed by atoms with Crippen molar-refractivity contribution in [3.63, 3.8) is 0 Å². The standard InChI is InChI=1S/C17H14ClFN6O3S/c18-14-7-13(2-3-15(14)19)29(27,28)23-9-12-1-4-16(25-24-12)17(26)21-8-11-5-6-20-10-22-11/h1-7,10,23H,8-9H2,(H,21,26). The van der Waals surface area contributed by atoms with E-state index in [1.807, 2.05) is 0 Å². The summed E-state index contributed by atoms with van der Waals surface area (Å²) in [6.45, 7) is 0.0258. The SMILES string of the molecule is O=C(NCc1ccncn1)c1ccc(CNS(=O)(=O)c2ccc(F)c(Cl)c2)nn1. The molecule has 3 rings (SSSR count). The number of amides is 1. The Morgan fingerprint density at radius 3 is 2.55 bits per heavy atom. The molecular weight excluding hydrogens is 423 g/mol. The highest BCUT2D eigenvalue weighted by Gasteiger charge is 2.16. The van der Waals surface area contributed by atoms with Crippen molar-refractivity contribution in [1.82, 2.24) is 30.2 Å². The van der Waals surface area contributed by atoms with E-state index in [-0.39, 0.29) is 34.4 Å². The second-order valence-corrected chi connectivity index (χ2v) is 7.87. The van der Waals surface area contributed by atoms with E-state index in [9.17, 15) is 17.6 Å². The highest BCUT2D eigenvalue weighted by atomic mass is 35.5. The molecule has 2 N–H and O–H groups in total. The number of nitrogens with zero attached hydrogens (tertiary/aromatic N) is 4. The van der Waals surface area contributed by atoms with Crippen LogP contribution in [-0.2, 0) is 23.1 Å². The van der Waals surface area contributed by atoms with Gasteiger partial charge < -0.3 is 5.32 Å². The Morgan fingerprint density at radius 2 is 1.90 bits per heavy atom. The van der Waals surface area contributed by atoms with Crippen molar-refractivity contribution in [3.05, 3.63) is 76.8 Å². The van der Waals surface area contributed by atoms with Gasteiger partial charge in [-0.05, 0) is 36.4 Å². The van der Waals surface area contributed by atoms with Crippen molar-refractivity contribution >= 4 is 27.5 Å². The van der Waals surface area contributed by atoms with Crippen molar-refractivity contribution < 1.29 is 17.6 Å². The second kappa shape index (κ2) is 8.99. The average Bonchev–Trinajstić information content (AvgIpc) is 2.73. The van der Waals surface area contributed by atoms with E-state index in [0.29, 0.717) is 5.69 Å². The summed E-state index contributed by atoms with van der Waals surface area (Å²) >= 11 is 5.61. The topological polar surface area (TPSA) is 127 Å². The van der Waals surface area contributed by atoms with Gasteiger partial charge in [0.2, 0.25) is 10.0 Å². The normalized spacial score (nSPS) is 11.2. The maximum atomic E-state index is 13.2. The fourth-order valence-electron chi connectivity index (χ4n) is 2.16. The Labute approximate surface area is 170 Å². The molecule has 0 saturated heterocycles. The molecule has 0 atom stereocenters. The number of nitrogens with one attached hydrogen (secondary N) is 2. The summed E-state index contributed by atoms with van der Waals surface area (Å²) in [5.74, 6) is -1.17. The van der Waals surface area contributed by atoms with Gasteiger partial charge >= 0.3 is 0 Å². The number of benzene rings is 1. The van der Waals surface area contributed by atoms with Gasteiger partial charge in [0, 0.05) is 6.20 Å². The van der Waals surface area contributed by atoms with Crippen LogP contribution < -0.4 is 10.0 Å². The highest BCUT2D eigenvalue weighted by molar-refractivity contribution is 7.89. The number of hydrogen-bond donors (Lipinski definition) is 2. The molecule has 150 valence electrons. The van der Waals surface area contributed by atoms with Gasteiger partial charge in [-0.2, -0.15) is 5.10 Å². The Bertz CT molecular complexity index is 1110. The molecule has 0 aliphatic carbocycles. The molecular formula is C17H14ClFN6O3S. The van der Waals surface area contributed by atoms with Crippen LogP contribution in [0.4, 0.5) is 4.39 Å². The first-order valence-electron chi connectivity index (χ1n) is 8.15. The molecule has 0 aliphatic rings. The molecule has 1 amide bonds. The molecule has 29 heavy (non-hydrogen) atoms. The molecule has 2 aromatic heterocycles. The van der Waals surface area contributed by atoms with E-state index in [2.05, 4.69) is 30.2 Å². The number of rotatable bonds is 7. The van der Waals surface area contributed by atoms with Crippen LogP contribution in [0.5, 0.6) is 0 Å². The predicted molar refractivity (Wildman–Crippen MR) is 101 cm³/mol. The van der Waals surface area contributed by atoms with Gasteiger partial charge in [0.25, 0.3) is 5.91 Å². The van der Waals surface area contributed by atoms with E-state index < -0.39 is 21.7 Å². The monoisotopic (exact) mass is 436 g/mol. The third kappa shape index (κ3) is 5.50. The number of carbonyl (C=O) groups excluding carboxylic acids is 1. The van der Waals surface area contributed by atoms with E-state index in [4.69, 9.17) is 11.6 Å². The van der Waals surface area contributed by atoms with Crippen molar-refractivity contribution in [1.29, 1.82) is 0 Å². The molecule has 9 nitrogen and oxygen atoms in total. The van der Waals surface area contributed by atoms with E-state index in [1.165, 1.54) is 18.5 Å². The van der Waals surface area contributed by atoms with E-state index in [1.54, 1.807) is 12.3 Å². The minimum atomic E-state index is -3.92. The Balaban J connectivity index is 1.58. The summed E-state index contributed by atoms with van der Waals surface area (Å²) in [5.41, 5.74) is 0.985. The zero-order chi connectivity index (χ0) is 20.9. The molecule has 0 spiro atoms. The zero-order valence-corrected chi connectivity index (χ0v) is 16.3. The quantitative estimate of drug-likeness (QED) is 0.574. The lowest BCUT2D eigenvalue weighted by atomic mass is 10.3. The highest BCUT2D eigenvalue weighted by Crippen LogP contribution is 2.19. The van der Waals surface area contributed by atoms with Crippen LogP contribution in [0.15, 0.2) is 53.8 Å². The van der Waals surface area contributed by atoms with Crippen LogP contribution in [0, 0.1) is 5.82 Å². The molecule has 3 aromatic rings. The van der Waals surface area contributed by atoms with Crippen LogP contribution in [-0.4, -0.2) is 34.5 Å². The van der Waals surface area contributed by atoms with Gasteiger partial charge in [0.15, 0.2) is 5.69 Å². The number of carbonyl (C=O) groups is 1. The molecule has 0 radical (unpaired) electrons. The predicted octanol–water partition coefficient (Wildman–Crippen LogP) is 1.47. The van der Waals surface area contributed by atoms with Crippen molar-refractivity contribution in [3.8, 4) is 0 Å². The Kier molecular flexibility index (Phi) is 6.42. The summed E-state index contributed by atoms with van der Waals surface area (Å²) in [7, 11) is -3.92. The van der Waals surface area contributed by atoms with Crippen LogP contribution in [0.2, 0.25) is 5.02 Å². The third-order valence-corrected chi connectivity index (χ3v) is 5.36. The number of halogens is 2. The van der Waals surface area contributed by atoms with Crippen LogP contribution >= 0.6 is 11.6 Å². The zero-order valence-electron chi connectivity index (χ0n) is 14.7. The number of sulfonamides is 1. The fourth-order valence-corrected chi connectivity index (χ4v) is 3.43. The molecule has 1 aromatic carbocycles. The largest absolute Gasteiger partial charge is 0.345 e. The first kappa shape index (κ1) is 20.7. The molecule has 0 aliphatic heterocycles. The van der Waals surface area contributed by atoms with Crippen molar-refractivity contribution in [2.75, 3.05) is 0 Å². The molecule has 2 heterocycles. The molecule has 0 bridgehead atoms. The van der Waals surface area contributed by atoms with Gasteiger partial charge in [0.1, 0.15) is 12.1 Å². The summed E-state index contributed by atoms with van der Waals surface area (Å²) in [6.07, 6.45) is 2.93. The lowest BCUT2D eigenvalue weighted by Crippen LogP contribution is -2.26. The number of aromatic nitrogens is 4. The minimum absolute atomic E-state index is 0.0657. The molecule has 12 heteroatoms. The average molecular weight is 437 g/mol. The first-order valence-corrected chi connectivity index (χ1v) is 10.0. The smallest absolute Gasteiger partial charge is 0.272 e. The van der Waals surface area contributed by atoms with Gasteiger partial charge in [-0.1, -0.05) is 11.6 Å². The Morgan fingerprint density at radius 1 is 1.07 bits per heavy atom. The van der Waals surface area contributed by atoms with E-state index in [0.717, 1.165) is 18.2 Å². The summed E-state index contributed by atoms with van der Waals surface area (Å²) in [6, 6.07) is 7.62. The van der Waals surface area contributed by atoms with Gasteiger partial charge in [-0.3, -0.25) is 4.79 Å². The maximum Gasteiger partial charge on any atom is 0.272 e. The van der Waals surface area contributed by atoms with Crippen molar-refractivity contribution in [2.24, 2.45) is 0 Å².